The van der Waals surface area contributed by atoms with Crippen LogP contribution in [0.1, 0.15) is 52.7 Å². The summed E-state index contributed by atoms with van der Waals surface area (Å²) in [5, 5.41) is 0. The van der Waals surface area contributed by atoms with E-state index in [9.17, 15) is 9.59 Å². The molecule has 1 saturated heterocycles. The maximum Gasteiger partial charge on any atom is 0.264 e. The number of hydrogen-bond donors (Lipinski definition) is 0. The van der Waals surface area contributed by atoms with Gasteiger partial charge in [-0.1, -0.05) is 19.8 Å². The molecular weight excluding hydrogens is 308 g/mol. The zero-order chi connectivity index (χ0) is 16.4. The van der Waals surface area contributed by atoms with Gasteiger partial charge in [0.1, 0.15) is 0 Å². The number of carbonyl (C=O) groups is 2. The third kappa shape index (κ3) is 3.44. The van der Waals surface area contributed by atoms with Gasteiger partial charge in [0.05, 0.1) is 4.88 Å². The molecule has 2 amide bonds. The highest BCUT2D eigenvalue weighted by atomic mass is 32.1. The van der Waals surface area contributed by atoms with Gasteiger partial charge in [0.15, 0.2) is 0 Å². The van der Waals surface area contributed by atoms with E-state index in [2.05, 4.69) is 13.8 Å². The van der Waals surface area contributed by atoms with Crippen LogP contribution < -0.4 is 0 Å². The largest absolute Gasteiger partial charge is 0.339 e. The van der Waals surface area contributed by atoms with Gasteiger partial charge in [-0.15, -0.1) is 11.3 Å². The van der Waals surface area contributed by atoms with Gasteiger partial charge in [-0.05, 0) is 37.8 Å². The van der Waals surface area contributed by atoms with Crippen LogP contribution in [0.2, 0.25) is 0 Å². The molecule has 1 saturated carbocycles. The minimum atomic E-state index is 0.130. The Balaban J connectivity index is 1.57. The van der Waals surface area contributed by atoms with E-state index in [1.807, 2.05) is 15.9 Å². The molecule has 0 aromatic carbocycles. The fourth-order valence-electron chi connectivity index (χ4n) is 3.69. The average molecular weight is 334 g/mol. The molecule has 23 heavy (non-hydrogen) atoms. The monoisotopic (exact) mass is 334 g/mol. The molecule has 0 unspecified atom stereocenters. The van der Waals surface area contributed by atoms with Crippen LogP contribution in [0, 0.1) is 12.8 Å². The topological polar surface area (TPSA) is 40.6 Å². The van der Waals surface area contributed by atoms with Crippen molar-refractivity contribution in [3.63, 3.8) is 0 Å². The van der Waals surface area contributed by atoms with Crippen LogP contribution in [0.3, 0.4) is 0 Å². The lowest BCUT2D eigenvalue weighted by molar-refractivity contribution is -0.136. The van der Waals surface area contributed by atoms with E-state index >= 15 is 0 Å². The van der Waals surface area contributed by atoms with Gasteiger partial charge in [-0.3, -0.25) is 9.59 Å². The van der Waals surface area contributed by atoms with Gasteiger partial charge in [-0.2, -0.15) is 0 Å². The van der Waals surface area contributed by atoms with Crippen LogP contribution in [-0.2, 0) is 11.2 Å². The van der Waals surface area contributed by atoms with Crippen molar-refractivity contribution in [1.82, 2.24) is 9.80 Å². The van der Waals surface area contributed by atoms with Crippen LogP contribution in [0.25, 0.3) is 0 Å². The highest BCUT2D eigenvalue weighted by Crippen LogP contribution is 2.27. The van der Waals surface area contributed by atoms with Crippen LogP contribution in [0.5, 0.6) is 0 Å². The van der Waals surface area contributed by atoms with Crippen LogP contribution >= 0.6 is 11.3 Å². The van der Waals surface area contributed by atoms with Crippen molar-refractivity contribution in [3.8, 4) is 0 Å². The molecule has 0 spiro atoms. The Bertz CT molecular complexity index is 582. The Morgan fingerprint density at radius 2 is 1.74 bits per heavy atom. The summed E-state index contributed by atoms with van der Waals surface area (Å²) >= 11 is 1.62. The van der Waals surface area contributed by atoms with Crippen molar-refractivity contribution in [3.05, 3.63) is 21.4 Å². The highest BCUT2D eigenvalue weighted by Gasteiger charge is 2.31. The molecule has 0 atom stereocenters. The molecule has 0 radical (unpaired) electrons. The number of carbonyl (C=O) groups excluding carboxylic acids is 2. The quantitative estimate of drug-likeness (QED) is 0.852. The van der Waals surface area contributed by atoms with Crippen molar-refractivity contribution in [2.45, 2.75) is 46.0 Å². The Hall–Kier alpha value is -1.36. The Kier molecular flexibility index (Phi) is 5.05. The standard InChI is InChI=1S/C18H26N2O2S/c1-3-15-13(2)12-16(23-15)18(22)20-10-8-19(9-11-20)17(21)14-6-4-5-7-14/h12,14H,3-11H2,1-2H3. The van der Waals surface area contributed by atoms with Gasteiger partial charge in [0, 0.05) is 37.0 Å². The third-order valence-corrected chi connectivity index (χ3v) is 6.50. The predicted octanol–water partition coefficient (Wildman–Crippen LogP) is 3.09. The molecule has 0 N–H and O–H groups in total. The van der Waals surface area contributed by atoms with E-state index in [1.54, 1.807) is 11.3 Å². The molecule has 1 aliphatic heterocycles. The third-order valence-electron chi connectivity index (χ3n) is 5.14. The molecule has 4 nitrogen and oxygen atoms in total. The van der Waals surface area contributed by atoms with Crippen molar-refractivity contribution in [2.75, 3.05) is 26.2 Å². The van der Waals surface area contributed by atoms with Crippen LogP contribution in [0.15, 0.2) is 6.07 Å². The van der Waals surface area contributed by atoms with Gasteiger partial charge in [0.25, 0.3) is 5.91 Å². The summed E-state index contributed by atoms with van der Waals surface area (Å²) in [4.78, 5) is 31.1. The predicted molar refractivity (Wildman–Crippen MR) is 92.9 cm³/mol. The first kappa shape index (κ1) is 16.5. The van der Waals surface area contributed by atoms with E-state index in [-0.39, 0.29) is 11.8 Å². The summed E-state index contributed by atoms with van der Waals surface area (Å²) < 4.78 is 0. The normalized spacial score (nSPS) is 19.4. The number of aryl methyl sites for hydroxylation is 2. The molecule has 2 heterocycles. The number of rotatable bonds is 3. The van der Waals surface area contributed by atoms with Gasteiger partial charge < -0.3 is 9.80 Å². The zero-order valence-corrected chi connectivity index (χ0v) is 15.0. The molecule has 126 valence electrons. The van der Waals surface area contributed by atoms with Crippen molar-refractivity contribution in [2.24, 2.45) is 5.92 Å². The van der Waals surface area contributed by atoms with Gasteiger partial charge >= 0.3 is 0 Å². The molecular formula is C18H26N2O2S. The summed E-state index contributed by atoms with van der Waals surface area (Å²) in [6.07, 6.45) is 5.45. The molecule has 1 aromatic heterocycles. The maximum absolute atomic E-state index is 12.6. The second-order valence-electron chi connectivity index (χ2n) is 6.67. The first-order valence-electron chi connectivity index (χ1n) is 8.77. The Morgan fingerprint density at radius 1 is 1.13 bits per heavy atom. The second-order valence-corrected chi connectivity index (χ2v) is 7.81. The first-order valence-corrected chi connectivity index (χ1v) is 9.59. The lowest BCUT2D eigenvalue weighted by atomic mass is 10.1. The van der Waals surface area contributed by atoms with Crippen molar-refractivity contribution >= 4 is 23.2 Å². The second kappa shape index (κ2) is 7.04. The SMILES string of the molecule is CCc1sc(C(=O)N2CCN(C(=O)C3CCCC3)CC2)cc1C. The van der Waals surface area contributed by atoms with E-state index in [0.717, 1.165) is 24.1 Å². The summed E-state index contributed by atoms with van der Waals surface area (Å²) in [6, 6.07) is 2.02. The minimum absolute atomic E-state index is 0.130. The first-order chi connectivity index (χ1) is 11.1. The molecule has 2 aliphatic rings. The molecule has 2 fully saturated rings. The molecule has 1 aliphatic carbocycles. The fraction of sp³-hybridized carbons (Fsp3) is 0.667. The molecule has 5 heteroatoms. The summed E-state index contributed by atoms with van der Waals surface area (Å²) in [5.41, 5.74) is 1.22. The summed E-state index contributed by atoms with van der Waals surface area (Å²) in [6.45, 7) is 6.90. The van der Waals surface area contributed by atoms with Crippen molar-refractivity contribution in [1.29, 1.82) is 0 Å². The van der Waals surface area contributed by atoms with E-state index in [0.29, 0.717) is 32.1 Å². The molecule has 0 bridgehead atoms. The molecule has 1 aromatic rings. The maximum atomic E-state index is 12.6. The van der Waals surface area contributed by atoms with Gasteiger partial charge in [-0.25, -0.2) is 0 Å². The lowest BCUT2D eigenvalue weighted by Gasteiger charge is -2.35. The highest BCUT2D eigenvalue weighted by molar-refractivity contribution is 7.14. The summed E-state index contributed by atoms with van der Waals surface area (Å²) in [7, 11) is 0. The van der Waals surface area contributed by atoms with Gasteiger partial charge in [0.2, 0.25) is 5.91 Å². The van der Waals surface area contributed by atoms with Crippen LogP contribution in [0.4, 0.5) is 0 Å². The van der Waals surface area contributed by atoms with Crippen LogP contribution in [-0.4, -0.2) is 47.8 Å². The van der Waals surface area contributed by atoms with E-state index < -0.39 is 0 Å². The Morgan fingerprint density at radius 3 is 2.30 bits per heavy atom. The number of hydrogen-bond acceptors (Lipinski definition) is 3. The smallest absolute Gasteiger partial charge is 0.264 e. The number of thiophene rings is 1. The fourth-order valence-corrected chi connectivity index (χ4v) is 4.77. The summed E-state index contributed by atoms with van der Waals surface area (Å²) in [5.74, 6) is 0.685. The number of amides is 2. The van der Waals surface area contributed by atoms with E-state index in [1.165, 1.54) is 23.3 Å². The zero-order valence-electron chi connectivity index (χ0n) is 14.1. The molecule has 3 rings (SSSR count). The number of nitrogens with zero attached hydrogens (tertiary/aromatic N) is 2. The Labute approximate surface area is 142 Å². The van der Waals surface area contributed by atoms with E-state index in [4.69, 9.17) is 0 Å². The number of piperazine rings is 1. The lowest BCUT2D eigenvalue weighted by Crippen LogP contribution is -2.51. The van der Waals surface area contributed by atoms with Crippen molar-refractivity contribution < 1.29 is 9.59 Å². The average Bonchev–Trinajstić information content (AvgIpc) is 3.23. The minimum Gasteiger partial charge on any atom is -0.339 e.